The number of carbonyl (C=O) groups is 1. The number of ether oxygens (including phenoxy) is 1. The highest BCUT2D eigenvalue weighted by atomic mass is 16.6. The van der Waals surface area contributed by atoms with Crippen LogP contribution in [-0.2, 0) is 11.3 Å². The molecule has 0 aliphatic rings. The Morgan fingerprint density at radius 1 is 1.26 bits per heavy atom. The second-order valence-electron chi connectivity index (χ2n) is 7.00. The molecule has 1 amide bonds. The molecule has 0 bridgehead atoms. The number of nitrogens with zero attached hydrogens (tertiary/aromatic N) is 1. The summed E-state index contributed by atoms with van der Waals surface area (Å²) in [6.45, 7) is 13.2. The second-order valence-corrected chi connectivity index (χ2v) is 7.00. The number of hydrogen-bond donors (Lipinski definition) is 2. The van der Waals surface area contributed by atoms with Gasteiger partial charge in [-0.1, -0.05) is 13.8 Å². The summed E-state index contributed by atoms with van der Waals surface area (Å²) in [5.74, 6) is 0. The van der Waals surface area contributed by atoms with Crippen LogP contribution in [0.3, 0.4) is 0 Å². The van der Waals surface area contributed by atoms with E-state index in [-0.39, 0.29) is 11.6 Å². The first kappa shape index (κ1) is 19.4. The molecule has 1 aromatic heterocycles. The zero-order valence-corrected chi connectivity index (χ0v) is 15.3. The number of rotatable bonds is 7. The van der Waals surface area contributed by atoms with Gasteiger partial charge in [0.2, 0.25) is 0 Å². The number of aromatic nitrogens is 1. The van der Waals surface area contributed by atoms with Crippen LogP contribution in [0.2, 0.25) is 0 Å². The first-order chi connectivity index (χ1) is 10.7. The van der Waals surface area contributed by atoms with Crippen LogP contribution in [0.1, 0.15) is 58.6 Å². The maximum atomic E-state index is 11.9. The van der Waals surface area contributed by atoms with E-state index < -0.39 is 5.60 Å². The molecule has 0 saturated carbocycles. The fraction of sp³-hybridized carbons (Fsp3) is 0.667. The molecule has 0 atom stereocenters. The van der Waals surface area contributed by atoms with Gasteiger partial charge in [0, 0.05) is 31.0 Å². The summed E-state index contributed by atoms with van der Waals surface area (Å²) in [5.41, 5.74) is 1.76. The number of amides is 1. The van der Waals surface area contributed by atoms with Crippen LogP contribution in [0.25, 0.3) is 0 Å². The van der Waals surface area contributed by atoms with Crippen molar-refractivity contribution in [3.05, 3.63) is 29.6 Å². The molecule has 0 aliphatic heterocycles. The van der Waals surface area contributed by atoms with E-state index in [0.29, 0.717) is 6.54 Å². The van der Waals surface area contributed by atoms with Crippen LogP contribution >= 0.6 is 0 Å². The Balaban J connectivity index is 2.64. The van der Waals surface area contributed by atoms with E-state index in [2.05, 4.69) is 36.4 Å². The molecule has 0 aromatic carbocycles. The minimum Gasteiger partial charge on any atom is -0.444 e. The van der Waals surface area contributed by atoms with Crippen molar-refractivity contribution in [2.75, 3.05) is 6.54 Å². The zero-order valence-electron chi connectivity index (χ0n) is 15.3. The summed E-state index contributed by atoms with van der Waals surface area (Å²) in [7, 11) is 0. The van der Waals surface area contributed by atoms with E-state index in [1.807, 2.05) is 33.0 Å². The third-order valence-electron chi connectivity index (χ3n) is 4.12. The standard InChI is InChI=1S/C18H31N3O2/c1-7-18(8-2,13-20-16(22)23-17(4,5)6)21-12-15-11-19-10-9-14(15)3/h9-11,21H,7-8,12-13H2,1-6H3,(H,20,22). The lowest BCUT2D eigenvalue weighted by Gasteiger charge is -2.34. The molecule has 1 aromatic rings. The second kappa shape index (κ2) is 8.29. The van der Waals surface area contributed by atoms with Crippen LogP contribution < -0.4 is 10.6 Å². The largest absolute Gasteiger partial charge is 0.444 e. The van der Waals surface area contributed by atoms with Gasteiger partial charge in [0.25, 0.3) is 0 Å². The van der Waals surface area contributed by atoms with Crippen molar-refractivity contribution in [3.63, 3.8) is 0 Å². The van der Waals surface area contributed by atoms with E-state index in [1.165, 1.54) is 11.1 Å². The first-order valence-electron chi connectivity index (χ1n) is 8.32. The third kappa shape index (κ3) is 6.57. The van der Waals surface area contributed by atoms with Crippen LogP contribution in [0.5, 0.6) is 0 Å². The Hall–Kier alpha value is -1.62. The molecule has 1 heterocycles. The fourth-order valence-corrected chi connectivity index (χ4v) is 2.33. The molecule has 0 fully saturated rings. The number of carbonyl (C=O) groups excluding carboxylic acids is 1. The quantitative estimate of drug-likeness (QED) is 0.806. The maximum Gasteiger partial charge on any atom is 0.407 e. The minimum absolute atomic E-state index is 0.154. The molecular weight excluding hydrogens is 290 g/mol. The van der Waals surface area contributed by atoms with Crippen molar-refractivity contribution in [3.8, 4) is 0 Å². The van der Waals surface area contributed by atoms with Crippen molar-refractivity contribution in [1.29, 1.82) is 0 Å². The highest BCUT2D eigenvalue weighted by Crippen LogP contribution is 2.17. The van der Waals surface area contributed by atoms with E-state index in [0.717, 1.165) is 19.4 Å². The lowest BCUT2D eigenvalue weighted by Crippen LogP contribution is -2.53. The molecule has 130 valence electrons. The van der Waals surface area contributed by atoms with Crippen molar-refractivity contribution >= 4 is 6.09 Å². The molecule has 0 unspecified atom stereocenters. The van der Waals surface area contributed by atoms with Gasteiger partial charge in [0.05, 0.1) is 0 Å². The molecule has 0 radical (unpaired) electrons. The summed E-state index contributed by atoms with van der Waals surface area (Å²) < 4.78 is 5.32. The van der Waals surface area contributed by atoms with E-state index in [1.54, 1.807) is 6.20 Å². The Labute approximate surface area is 140 Å². The van der Waals surface area contributed by atoms with E-state index in [9.17, 15) is 4.79 Å². The Morgan fingerprint density at radius 3 is 2.43 bits per heavy atom. The Kier molecular flexibility index (Phi) is 7.01. The summed E-state index contributed by atoms with van der Waals surface area (Å²) in [5, 5.41) is 6.49. The number of pyridine rings is 1. The Bertz CT molecular complexity index is 505. The van der Waals surface area contributed by atoms with E-state index in [4.69, 9.17) is 4.74 Å². The molecule has 5 nitrogen and oxygen atoms in total. The smallest absolute Gasteiger partial charge is 0.407 e. The summed E-state index contributed by atoms with van der Waals surface area (Å²) >= 11 is 0. The summed E-state index contributed by atoms with van der Waals surface area (Å²) in [6.07, 6.45) is 5.15. The number of alkyl carbamates (subject to hydrolysis) is 1. The predicted octanol–water partition coefficient (Wildman–Crippen LogP) is 3.56. The van der Waals surface area contributed by atoms with Gasteiger partial charge in [-0.15, -0.1) is 0 Å². The van der Waals surface area contributed by atoms with Gasteiger partial charge < -0.3 is 15.4 Å². The predicted molar refractivity (Wildman–Crippen MR) is 93.4 cm³/mol. The highest BCUT2D eigenvalue weighted by molar-refractivity contribution is 5.67. The van der Waals surface area contributed by atoms with Crippen molar-refractivity contribution in [1.82, 2.24) is 15.6 Å². The van der Waals surface area contributed by atoms with Crippen LogP contribution in [0.4, 0.5) is 4.79 Å². The van der Waals surface area contributed by atoms with Gasteiger partial charge in [-0.3, -0.25) is 4.98 Å². The van der Waals surface area contributed by atoms with Crippen LogP contribution in [0, 0.1) is 6.92 Å². The van der Waals surface area contributed by atoms with Gasteiger partial charge in [0.15, 0.2) is 0 Å². The molecule has 5 heteroatoms. The first-order valence-corrected chi connectivity index (χ1v) is 8.32. The van der Waals surface area contributed by atoms with Gasteiger partial charge in [-0.05, 0) is 57.7 Å². The lowest BCUT2D eigenvalue weighted by atomic mass is 9.92. The van der Waals surface area contributed by atoms with Gasteiger partial charge >= 0.3 is 6.09 Å². The fourth-order valence-electron chi connectivity index (χ4n) is 2.33. The molecule has 0 saturated heterocycles. The lowest BCUT2D eigenvalue weighted by molar-refractivity contribution is 0.0507. The number of nitrogens with one attached hydrogen (secondary N) is 2. The van der Waals surface area contributed by atoms with Gasteiger partial charge in [-0.2, -0.15) is 0 Å². The number of aryl methyl sites for hydroxylation is 1. The highest BCUT2D eigenvalue weighted by Gasteiger charge is 2.27. The Morgan fingerprint density at radius 2 is 1.91 bits per heavy atom. The molecule has 23 heavy (non-hydrogen) atoms. The monoisotopic (exact) mass is 321 g/mol. The molecule has 1 rings (SSSR count). The summed E-state index contributed by atoms with van der Waals surface area (Å²) in [6, 6.07) is 2.01. The van der Waals surface area contributed by atoms with Gasteiger partial charge in [0.1, 0.15) is 5.60 Å². The average molecular weight is 321 g/mol. The number of hydrogen-bond acceptors (Lipinski definition) is 4. The SMILES string of the molecule is CCC(CC)(CNC(=O)OC(C)(C)C)NCc1cnccc1C. The molecule has 0 spiro atoms. The van der Waals surface area contributed by atoms with Crippen molar-refractivity contribution in [2.24, 2.45) is 0 Å². The molecular formula is C18H31N3O2. The third-order valence-corrected chi connectivity index (χ3v) is 4.12. The topological polar surface area (TPSA) is 63.2 Å². The average Bonchev–Trinajstić information content (AvgIpc) is 2.48. The zero-order chi connectivity index (χ0) is 17.5. The summed E-state index contributed by atoms with van der Waals surface area (Å²) in [4.78, 5) is 16.1. The van der Waals surface area contributed by atoms with E-state index >= 15 is 0 Å². The van der Waals surface area contributed by atoms with Crippen LogP contribution in [-0.4, -0.2) is 28.8 Å². The van der Waals surface area contributed by atoms with Crippen LogP contribution in [0.15, 0.2) is 18.5 Å². The minimum atomic E-state index is -0.481. The van der Waals surface area contributed by atoms with Crippen molar-refractivity contribution in [2.45, 2.75) is 72.1 Å². The van der Waals surface area contributed by atoms with Crippen molar-refractivity contribution < 1.29 is 9.53 Å². The van der Waals surface area contributed by atoms with Gasteiger partial charge in [-0.25, -0.2) is 4.79 Å². The molecule has 0 aliphatic carbocycles. The maximum absolute atomic E-state index is 11.9. The molecule has 2 N–H and O–H groups in total. The normalized spacial score (nSPS) is 12.1.